The van der Waals surface area contributed by atoms with Crippen LogP contribution in [0.4, 0.5) is 0 Å². The largest absolute Gasteiger partial charge is 0.507 e. The molecule has 1 unspecified atom stereocenters. The van der Waals surface area contributed by atoms with Gasteiger partial charge in [-0.3, -0.25) is 9.59 Å². The topological polar surface area (TPSA) is 85.3 Å². The number of ketones is 1. The van der Waals surface area contributed by atoms with Gasteiger partial charge >= 0.3 is 0 Å². The van der Waals surface area contributed by atoms with Gasteiger partial charge in [-0.1, -0.05) is 29.3 Å². The SMILES string of the molecule is COc1ccc(OCCN2C(=O)C(=O)/C(=C(\O)c3cc(Cl)c(OC)c(Cl)c3)C2c2cccs2)cc1. The third kappa shape index (κ3) is 4.96. The molecule has 2 heterocycles. The number of carbonyl (C=O) groups is 2. The van der Waals surface area contributed by atoms with Crippen molar-refractivity contribution >= 4 is 52.0 Å². The Hall–Kier alpha value is -3.20. The Morgan fingerprint density at radius 1 is 1.03 bits per heavy atom. The number of nitrogens with zero attached hydrogens (tertiary/aromatic N) is 1. The summed E-state index contributed by atoms with van der Waals surface area (Å²) in [6.07, 6.45) is 0. The first kappa shape index (κ1) is 24.9. The van der Waals surface area contributed by atoms with Crippen LogP contribution < -0.4 is 14.2 Å². The summed E-state index contributed by atoms with van der Waals surface area (Å²) in [5, 5.41) is 13.3. The highest BCUT2D eigenvalue weighted by atomic mass is 35.5. The van der Waals surface area contributed by atoms with Crippen LogP contribution in [0.5, 0.6) is 17.2 Å². The number of benzene rings is 2. The molecule has 1 aromatic heterocycles. The second-order valence-electron chi connectivity index (χ2n) is 7.51. The predicted molar refractivity (Wildman–Crippen MR) is 135 cm³/mol. The zero-order valence-corrected chi connectivity index (χ0v) is 21.1. The van der Waals surface area contributed by atoms with Gasteiger partial charge < -0.3 is 24.2 Å². The first-order chi connectivity index (χ1) is 16.8. The van der Waals surface area contributed by atoms with Crippen molar-refractivity contribution < 1.29 is 28.9 Å². The Morgan fingerprint density at radius 3 is 2.26 bits per heavy atom. The van der Waals surface area contributed by atoms with Crippen molar-refractivity contribution in [2.24, 2.45) is 0 Å². The monoisotopic (exact) mass is 533 g/mol. The lowest BCUT2D eigenvalue weighted by Crippen LogP contribution is -2.33. The van der Waals surface area contributed by atoms with Crippen molar-refractivity contribution in [3.8, 4) is 17.2 Å². The number of aliphatic hydroxyl groups excluding tert-OH is 1. The second-order valence-corrected chi connectivity index (χ2v) is 9.30. The maximum absolute atomic E-state index is 13.1. The number of carbonyl (C=O) groups excluding carboxylic acids is 2. The van der Waals surface area contributed by atoms with Crippen LogP contribution in [-0.2, 0) is 9.59 Å². The molecule has 1 saturated heterocycles. The van der Waals surface area contributed by atoms with Gasteiger partial charge in [-0.2, -0.15) is 0 Å². The molecule has 1 aliphatic rings. The van der Waals surface area contributed by atoms with Gasteiger partial charge in [0.25, 0.3) is 11.7 Å². The van der Waals surface area contributed by atoms with Crippen molar-refractivity contribution in [2.45, 2.75) is 6.04 Å². The summed E-state index contributed by atoms with van der Waals surface area (Å²) >= 11 is 13.8. The van der Waals surface area contributed by atoms with E-state index in [0.717, 1.165) is 4.88 Å². The van der Waals surface area contributed by atoms with E-state index in [1.54, 1.807) is 37.4 Å². The third-order valence-corrected chi connectivity index (χ3v) is 6.98. The van der Waals surface area contributed by atoms with Crippen LogP contribution in [0.25, 0.3) is 5.76 Å². The van der Waals surface area contributed by atoms with Crippen LogP contribution in [0.3, 0.4) is 0 Å². The molecule has 1 amide bonds. The highest BCUT2D eigenvalue weighted by Gasteiger charge is 2.46. The van der Waals surface area contributed by atoms with Crippen LogP contribution in [0, 0.1) is 0 Å². The minimum Gasteiger partial charge on any atom is -0.507 e. The van der Waals surface area contributed by atoms with Gasteiger partial charge in [0, 0.05) is 10.4 Å². The minimum absolute atomic E-state index is 0.0424. The van der Waals surface area contributed by atoms with Gasteiger partial charge in [0.2, 0.25) is 0 Å². The van der Waals surface area contributed by atoms with E-state index >= 15 is 0 Å². The molecule has 35 heavy (non-hydrogen) atoms. The summed E-state index contributed by atoms with van der Waals surface area (Å²) < 4.78 is 16.1. The number of Topliss-reactive ketones (excluding diaryl/α,β-unsaturated/α-hetero) is 1. The molecule has 0 aliphatic carbocycles. The lowest BCUT2D eigenvalue weighted by Gasteiger charge is -2.24. The molecule has 7 nitrogen and oxygen atoms in total. The summed E-state index contributed by atoms with van der Waals surface area (Å²) in [4.78, 5) is 28.2. The molecule has 1 atom stereocenters. The molecule has 2 aromatic carbocycles. The molecule has 4 rings (SSSR count). The Bertz CT molecular complexity index is 1250. The fourth-order valence-corrected chi connectivity index (χ4v) is 5.32. The lowest BCUT2D eigenvalue weighted by molar-refractivity contribution is -0.140. The Kier molecular flexibility index (Phi) is 7.54. The van der Waals surface area contributed by atoms with Crippen LogP contribution in [0.15, 0.2) is 59.5 Å². The second kappa shape index (κ2) is 10.6. The van der Waals surface area contributed by atoms with Gasteiger partial charge in [-0.15, -0.1) is 11.3 Å². The van der Waals surface area contributed by atoms with Crippen LogP contribution in [0.2, 0.25) is 10.0 Å². The molecule has 3 aromatic rings. The maximum atomic E-state index is 13.1. The number of amides is 1. The van der Waals surface area contributed by atoms with Gasteiger partial charge in [0.15, 0.2) is 5.75 Å². The van der Waals surface area contributed by atoms with Gasteiger partial charge in [0.05, 0.1) is 42.4 Å². The first-order valence-electron chi connectivity index (χ1n) is 10.5. The highest BCUT2D eigenvalue weighted by molar-refractivity contribution is 7.10. The number of rotatable bonds is 8. The summed E-state index contributed by atoms with van der Waals surface area (Å²) in [5.74, 6) is -0.359. The van der Waals surface area contributed by atoms with Crippen molar-refractivity contribution in [2.75, 3.05) is 27.4 Å². The molecule has 10 heteroatoms. The Balaban J connectivity index is 1.66. The van der Waals surface area contributed by atoms with Gasteiger partial charge in [-0.25, -0.2) is 0 Å². The highest BCUT2D eigenvalue weighted by Crippen LogP contribution is 2.43. The number of thiophene rings is 1. The van der Waals surface area contributed by atoms with Gasteiger partial charge in [-0.05, 0) is 47.8 Å². The van der Waals surface area contributed by atoms with E-state index in [9.17, 15) is 14.7 Å². The standard InChI is InChI=1S/C25H21Cl2NO6S/c1-32-15-5-7-16(8-6-15)34-10-9-28-21(19-4-3-11-35-19)20(23(30)25(28)31)22(29)14-12-17(26)24(33-2)18(27)13-14/h3-8,11-13,21,29H,9-10H2,1-2H3/b22-20-. The molecular formula is C25H21Cl2NO6S. The van der Waals surface area contributed by atoms with E-state index in [2.05, 4.69) is 0 Å². The van der Waals surface area contributed by atoms with E-state index in [-0.39, 0.29) is 45.8 Å². The molecule has 0 saturated carbocycles. The molecule has 182 valence electrons. The fourth-order valence-electron chi connectivity index (χ4n) is 3.83. The molecular weight excluding hydrogens is 513 g/mol. The van der Waals surface area contributed by atoms with Crippen molar-refractivity contribution in [1.82, 2.24) is 4.90 Å². The molecule has 1 aliphatic heterocycles. The quantitative estimate of drug-likeness (QED) is 0.231. The van der Waals surface area contributed by atoms with E-state index in [1.807, 2.05) is 11.4 Å². The third-order valence-electron chi connectivity index (χ3n) is 5.49. The van der Waals surface area contributed by atoms with Crippen molar-refractivity contribution in [3.05, 3.63) is 80.0 Å². The van der Waals surface area contributed by atoms with Crippen molar-refractivity contribution in [1.29, 1.82) is 0 Å². The van der Waals surface area contributed by atoms with E-state index < -0.39 is 17.7 Å². The Labute approximate surface area is 216 Å². The average molecular weight is 534 g/mol. The number of likely N-dealkylation sites (tertiary alicyclic amines) is 1. The summed E-state index contributed by atoms with van der Waals surface area (Å²) in [7, 11) is 2.99. The zero-order valence-electron chi connectivity index (χ0n) is 18.8. The first-order valence-corrected chi connectivity index (χ1v) is 12.1. The smallest absolute Gasteiger partial charge is 0.295 e. The number of hydrogen-bond acceptors (Lipinski definition) is 7. The summed E-state index contributed by atoms with van der Waals surface area (Å²) in [5.41, 5.74) is 0.161. The molecule has 0 radical (unpaired) electrons. The lowest BCUT2D eigenvalue weighted by atomic mass is 10.00. The van der Waals surface area contributed by atoms with E-state index in [0.29, 0.717) is 11.5 Å². The van der Waals surface area contributed by atoms with E-state index in [4.69, 9.17) is 37.4 Å². The summed E-state index contributed by atoms with van der Waals surface area (Å²) in [6.45, 7) is 0.265. The fraction of sp³-hybridized carbons (Fsp3) is 0.200. The summed E-state index contributed by atoms with van der Waals surface area (Å²) in [6, 6.07) is 12.7. The van der Waals surface area contributed by atoms with Gasteiger partial charge in [0.1, 0.15) is 23.9 Å². The van der Waals surface area contributed by atoms with Crippen LogP contribution in [0.1, 0.15) is 16.5 Å². The molecule has 0 bridgehead atoms. The minimum atomic E-state index is -0.798. The zero-order chi connectivity index (χ0) is 25.1. The number of halogens is 2. The molecule has 1 N–H and O–H groups in total. The van der Waals surface area contributed by atoms with E-state index in [1.165, 1.54) is 35.5 Å². The maximum Gasteiger partial charge on any atom is 0.295 e. The number of methoxy groups -OCH3 is 2. The average Bonchev–Trinajstić information content (AvgIpc) is 3.46. The van der Waals surface area contributed by atoms with Crippen molar-refractivity contribution in [3.63, 3.8) is 0 Å². The predicted octanol–water partition coefficient (Wildman–Crippen LogP) is 5.57. The number of hydrogen-bond donors (Lipinski definition) is 1. The Morgan fingerprint density at radius 2 is 1.69 bits per heavy atom. The van der Waals surface area contributed by atoms with Crippen LogP contribution in [-0.4, -0.2) is 49.1 Å². The molecule has 1 fully saturated rings. The normalized spacial score (nSPS) is 17.0. The molecule has 0 spiro atoms. The number of aliphatic hydroxyl groups is 1. The number of ether oxygens (including phenoxy) is 3. The van der Waals surface area contributed by atoms with Crippen LogP contribution >= 0.6 is 34.5 Å².